The van der Waals surface area contributed by atoms with Crippen molar-refractivity contribution in [2.45, 2.75) is 25.8 Å². The Morgan fingerprint density at radius 3 is 2.56 bits per heavy atom. The van der Waals surface area contributed by atoms with E-state index in [9.17, 15) is 24.7 Å². The molecular weight excluding hydrogens is 396 g/mol. The summed E-state index contributed by atoms with van der Waals surface area (Å²) >= 11 is 11.7. The van der Waals surface area contributed by atoms with Gasteiger partial charge in [-0.3, -0.25) is 4.79 Å². The number of carboxylic acid groups (broad SMARTS) is 1. The van der Waals surface area contributed by atoms with Gasteiger partial charge in [-0.05, 0) is 35.2 Å². The molecular formula is C18H16Cl2FN3O3. The van der Waals surface area contributed by atoms with Gasteiger partial charge in [-0.2, -0.15) is 14.6 Å². The first-order valence-electron chi connectivity index (χ1n) is 7.88. The van der Waals surface area contributed by atoms with E-state index in [1.54, 1.807) is 6.07 Å². The minimum Gasteiger partial charge on any atom is -0.508 e. The molecule has 142 valence electrons. The molecule has 0 bridgehead atoms. The quantitative estimate of drug-likeness (QED) is 0.678. The van der Waals surface area contributed by atoms with Crippen molar-refractivity contribution in [1.29, 1.82) is 5.26 Å². The number of halogens is 3. The molecule has 1 aromatic carbocycles. The number of nitriles is 1. The molecule has 1 aromatic heterocycles. The maximum absolute atomic E-state index is 13.9. The average Bonchev–Trinajstić information content (AvgIpc) is 2.58. The minimum absolute atomic E-state index is 0.0353. The zero-order chi connectivity index (χ0) is 20.3. The van der Waals surface area contributed by atoms with Gasteiger partial charge in [0.25, 0.3) is 0 Å². The van der Waals surface area contributed by atoms with Crippen molar-refractivity contribution in [3.63, 3.8) is 0 Å². The van der Waals surface area contributed by atoms with E-state index in [0.29, 0.717) is 11.1 Å². The highest BCUT2D eigenvalue weighted by molar-refractivity contribution is 6.36. The van der Waals surface area contributed by atoms with E-state index in [1.165, 1.54) is 12.1 Å². The first-order valence-corrected chi connectivity index (χ1v) is 8.63. The monoisotopic (exact) mass is 411 g/mol. The maximum Gasteiger partial charge on any atom is 0.323 e. The molecule has 9 heteroatoms. The largest absolute Gasteiger partial charge is 0.508 e. The smallest absolute Gasteiger partial charge is 0.323 e. The van der Waals surface area contributed by atoms with E-state index < -0.39 is 24.5 Å². The van der Waals surface area contributed by atoms with Crippen LogP contribution in [0.1, 0.15) is 36.9 Å². The first-order chi connectivity index (χ1) is 12.6. The molecule has 1 unspecified atom stereocenters. The van der Waals surface area contributed by atoms with E-state index in [-0.39, 0.29) is 27.5 Å². The maximum atomic E-state index is 13.9. The molecule has 1 heterocycles. The van der Waals surface area contributed by atoms with Crippen molar-refractivity contribution in [2.24, 2.45) is 0 Å². The normalized spacial score (nSPS) is 11.9. The van der Waals surface area contributed by atoms with Crippen molar-refractivity contribution in [1.82, 2.24) is 4.98 Å². The third-order valence-corrected chi connectivity index (χ3v) is 4.41. The van der Waals surface area contributed by atoms with E-state index >= 15 is 0 Å². The number of aromatic nitrogens is 1. The molecule has 0 fully saturated rings. The lowest BCUT2D eigenvalue weighted by atomic mass is 9.96. The van der Waals surface area contributed by atoms with Gasteiger partial charge in [0.2, 0.25) is 5.95 Å². The Morgan fingerprint density at radius 2 is 2.00 bits per heavy atom. The number of phenols is 1. The van der Waals surface area contributed by atoms with Crippen LogP contribution in [0.25, 0.3) is 0 Å². The van der Waals surface area contributed by atoms with Crippen LogP contribution in [-0.2, 0) is 4.79 Å². The van der Waals surface area contributed by atoms with Crippen molar-refractivity contribution in [3.8, 4) is 11.8 Å². The lowest BCUT2D eigenvalue weighted by Gasteiger charge is -2.28. The minimum atomic E-state index is -1.26. The second-order valence-corrected chi connectivity index (χ2v) is 6.91. The molecule has 1 atom stereocenters. The molecule has 2 rings (SSSR count). The fourth-order valence-electron chi connectivity index (χ4n) is 2.60. The molecule has 0 aliphatic heterocycles. The van der Waals surface area contributed by atoms with Gasteiger partial charge in [0.1, 0.15) is 18.3 Å². The van der Waals surface area contributed by atoms with E-state index in [0.717, 1.165) is 11.0 Å². The summed E-state index contributed by atoms with van der Waals surface area (Å²) in [5.41, 5.74) is 0.998. The highest BCUT2D eigenvalue weighted by Gasteiger charge is 2.28. The van der Waals surface area contributed by atoms with Crippen molar-refractivity contribution in [2.75, 3.05) is 11.4 Å². The molecule has 2 N–H and O–H groups in total. The molecule has 0 amide bonds. The molecule has 27 heavy (non-hydrogen) atoms. The van der Waals surface area contributed by atoms with Crippen LogP contribution in [0.4, 0.5) is 10.2 Å². The Bertz CT molecular complexity index is 915. The van der Waals surface area contributed by atoms with Gasteiger partial charge in [-0.15, -0.1) is 0 Å². The van der Waals surface area contributed by atoms with Gasteiger partial charge in [0, 0.05) is 0 Å². The summed E-state index contributed by atoms with van der Waals surface area (Å²) in [7, 11) is 0. The molecule has 0 spiro atoms. The van der Waals surface area contributed by atoms with Gasteiger partial charge >= 0.3 is 5.97 Å². The number of hydrogen-bond donors (Lipinski definition) is 2. The third-order valence-electron chi connectivity index (χ3n) is 3.87. The lowest BCUT2D eigenvalue weighted by Crippen LogP contribution is -2.34. The third kappa shape index (κ3) is 4.59. The van der Waals surface area contributed by atoms with Crippen LogP contribution in [-0.4, -0.2) is 27.7 Å². The zero-order valence-electron chi connectivity index (χ0n) is 14.4. The van der Waals surface area contributed by atoms with Crippen LogP contribution < -0.4 is 4.90 Å². The Balaban J connectivity index is 2.61. The standard InChI is InChI=1S/C18H16Cl2FN3O3/c1-9(2)11-5-10(3-4-15(11)25)14(7-22)24(8-16(26)27)18-13(20)6-12(19)17(21)23-18/h3-6,9,14,25H,8H2,1-2H3,(H,26,27). The fraction of sp³-hybridized carbons (Fsp3) is 0.278. The summed E-state index contributed by atoms with van der Waals surface area (Å²) in [4.78, 5) is 16.0. The Morgan fingerprint density at radius 1 is 1.33 bits per heavy atom. The number of rotatable bonds is 6. The number of benzene rings is 1. The summed E-state index contributed by atoms with van der Waals surface area (Å²) < 4.78 is 13.9. The van der Waals surface area contributed by atoms with Crippen molar-refractivity contribution < 1.29 is 19.4 Å². The Hall–Kier alpha value is -2.56. The molecule has 0 saturated carbocycles. The molecule has 0 aliphatic rings. The predicted octanol–water partition coefficient (Wildman–Crippen LogP) is 4.51. The summed E-state index contributed by atoms with van der Waals surface area (Å²) in [6, 6.07) is 6.47. The summed E-state index contributed by atoms with van der Waals surface area (Å²) in [5.74, 6) is -2.48. The molecule has 0 saturated heterocycles. The van der Waals surface area contributed by atoms with E-state index in [1.807, 2.05) is 19.9 Å². The number of carboxylic acids is 1. The number of nitrogens with zero attached hydrogens (tertiary/aromatic N) is 3. The van der Waals surface area contributed by atoms with Crippen LogP contribution in [0, 0.1) is 17.3 Å². The summed E-state index contributed by atoms with van der Waals surface area (Å²) in [6.45, 7) is 3.08. The van der Waals surface area contributed by atoms with Gasteiger partial charge in [0.15, 0.2) is 5.82 Å². The number of aliphatic carboxylic acids is 1. The molecule has 6 nitrogen and oxygen atoms in total. The topological polar surface area (TPSA) is 97.5 Å². The fourth-order valence-corrected chi connectivity index (χ4v) is 3.07. The number of phenolic OH excluding ortho intramolecular Hbond substituents is 1. The van der Waals surface area contributed by atoms with Crippen LogP contribution in [0.2, 0.25) is 10.0 Å². The van der Waals surface area contributed by atoms with E-state index in [2.05, 4.69) is 4.98 Å². The van der Waals surface area contributed by atoms with Crippen LogP contribution in [0.15, 0.2) is 24.3 Å². The average molecular weight is 412 g/mol. The summed E-state index contributed by atoms with van der Waals surface area (Å²) in [5, 5.41) is 28.5. The zero-order valence-corrected chi connectivity index (χ0v) is 16.0. The van der Waals surface area contributed by atoms with Gasteiger partial charge in [-0.25, -0.2) is 0 Å². The number of hydrogen-bond acceptors (Lipinski definition) is 5. The number of carbonyl (C=O) groups is 1. The lowest BCUT2D eigenvalue weighted by molar-refractivity contribution is -0.135. The van der Waals surface area contributed by atoms with Crippen LogP contribution >= 0.6 is 23.2 Å². The van der Waals surface area contributed by atoms with Gasteiger partial charge in [0.05, 0.1) is 16.1 Å². The second-order valence-electron chi connectivity index (χ2n) is 6.09. The number of pyridine rings is 1. The van der Waals surface area contributed by atoms with E-state index in [4.69, 9.17) is 23.2 Å². The van der Waals surface area contributed by atoms with Gasteiger partial charge in [-0.1, -0.05) is 43.1 Å². The second kappa shape index (κ2) is 8.42. The Kier molecular flexibility index (Phi) is 6.47. The first kappa shape index (κ1) is 20.7. The Labute approximate surface area is 165 Å². The molecule has 2 aromatic rings. The summed E-state index contributed by atoms with van der Waals surface area (Å²) in [6.07, 6.45) is 0. The number of anilines is 1. The molecule has 0 aliphatic carbocycles. The molecule has 0 radical (unpaired) electrons. The predicted molar refractivity (Wildman–Crippen MR) is 99.7 cm³/mol. The SMILES string of the molecule is CC(C)c1cc(C(C#N)N(CC(=O)O)c2nc(F)c(Cl)cc2Cl)ccc1O. The highest BCUT2D eigenvalue weighted by atomic mass is 35.5. The van der Waals surface area contributed by atoms with Crippen LogP contribution in [0.5, 0.6) is 5.75 Å². The van der Waals surface area contributed by atoms with Gasteiger partial charge < -0.3 is 15.1 Å². The highest BCUT2D eigenvalue weighted by Crippen LogP contribution is 2.35. The number of aromatic hydroxyl groups is 1. The van der Waals surface area contributed by atoms with Crippen molar-refractivity contribution in [3.05, 3.63) is 51.4 Å². The van der Waals surface area contributed by atoms with Crippen LogP contribution in [0.3, 0.4) is 0 Å². The van der Waals surface area contributed by atoms with Crippen molar-refractivity contribution >= 4 is 35.0 Å².